The van der Waals surface area contributed by atoms with Gasteiger partial charge >= 0.3 is 0 Å². The minimum Gasteiger partial charge on any atom is -0.310 e. The molecule has 4 nitrogen and oxygen atoms in total. The molecule has 6 heteroatoms. The maximum atomic E-state index is 12.3. The van der Waals surface area contributed by atoms with Gasteiger partial charge in [-0.2, -0.15) is 0 Å². The van der Waals surface area contributed by atoms with Crippen LogP contribution in [-0.4, -0.2) is 20.5 Å². The molecule has 1 aliphatic rings. The summed E-state index contributed by atoms with van der Waals surface area (Å²) >= 11 is 1.31. The predicted molar refractivity (Wildman–Crippen MR) is 83.5 cm³/mol. The van der Waals surface area contributed by atoms with Crippen molar-refractivity contribution in [3.63, 3.8) is 0 Å². The largest absolute Gasteiger partial charge is 0.310 e. The molecule has 1 heterocycles. The van der Waals surface area contributed by atoms with Gasteiger partial charge in [0.2, 0.25) is 10.0 Å². The highest BCUT2D eigenvalue weighted by Gasteiger charge is 2.23. The second kappa shape index (κ2) is 7.02. The average Bonchev–Trinajstić information content (AvgIpc) is 2.86. The van der Waals surface area contributed by atoms with Crippen molar-refractivity contribution in [2.45, 2.75) is 68.8 Å². The van der Waals surface area contributed by atoms with E-state index in [9.17, 15) is 8.42 Å². The Hall–Kier alpha value is -0.430. The first kappa shape index (κ1) is 15.9. The highest BCUT2D eigenvalue weighted by molar-refractivity contribution is 7.91. The van der Waals surface area contributed by atoms with Crippen LogP contribution in [0, 0.1) is 0 Å². The third kappa shape index (κ3) is 4.55. The number of thiophene rings is 1. The van der Waals surface area contributed by atoms with Crippen LogP contribution in [0.2, 0.25) is 0 Å². The molecule has 20 heavy (non-hydrogen) atoms. The number of nitrogens with one attached hydrogen (secondary N) is 2. The Balaban J connectivity index is 1.98. The lowest BCUT2D eigenvalue weighted by Gasteiger charge is -2.22. The van der Waals surface area contributed by atoms with Crippen LogP contribution >= 0.6 is 11.3 Å². The van der Waals surface area contributed by atoms with E-state index in [2.05, 4.69) is 23.9 Å². The van der Waals surface area contributed by atoms with E-state index < -0.39 is 10.0 Å². The zero-order valence-electron chi connectivity index (χ0n) is 12.2. The fourth-order valence-corrected chi connectivity index (χ4v) is 4.94. The molecule has 2 N–H and O–H groups in total. The molecule has 1 saturated carbocycles. The molecule has 1 aliphatic carbocycles. The van der Waals surface area contributed by atoms with E-state index in [0.717, 1.165) is 31.2 Å². The maximum Gasteiger partial charge on any atom is 0.250 e. The van der Waals surface area contributed by atoms with Crippen LogP contribution in [0.25, 0.3) is 0 Å². The molecule has 1 fully saturated rings. The summed E-state index contributed by atoms with van der Waals surface area (Å²) in [6.45, 7) is 4.87. The first-order valence-corrected chi connectivity index (χ1v) is 9.67. The number of sulfonamides is 1. The van der Waals surface area contributed by atoms with Gasteiger partial charge in [-0.05, 0) is 29.9 Å². The van der Waals surface area contributed by atoms with E-state index in [0.29, 0.717) is 16.8 Å². The molecule has 0 saturated heterocycles. The van der Waals surface area contributed by atoms with Gasteiger partial charge in [0.25, 0.3) is 0 Å². The summed E-state index contributed by atoms with van der Waals surface area (Å²) in [5, 5.41) is 5.22. The Morgan fingerprint density at radius 3 is 2.65 bits per heavy atom. The Morgan fingerprint density at radius 2 is 2.00 bits per heavy atom. The van der Waals surface area contributed by atoms with Crippen molar-refractivity contribution in [3.05, 3.63) is 17.0 Å². The van der Waals surface area contributed by atoms with Crippen LogP contribution < -0.4 is 10.0 Å². The summed E-state index contributed by atoms with van der Waals surface area (Å²) in [6, 6.07) is 2.30. The maximum absolute atomic E-state index is 12.3. The molecule has 0 unspecified atom stereocenters. The third-order valence-electron chi connectivity index (χ3n) is 3.54. The molecular weight excluding hydrogens is 292 g/mol. The van der Waals surface area contributed by atoms with E-state index in [1.807, 2.05) is 5.38 Å². The molecule has 0 atom stereocenters. The van der Waals surface area contributed by atoms with Gasteiger partial charge in [0.15, 0.2) is 0 Å². The first-order chi connectivity index (χ1) is 9.47. The lowest BCUT2D eigenvalue weighted by Crippen LogP contribution is -2.35. The molecule has 0 aromatic carbocycles. The van der Waals surface area contributed by atoms with Gasteiger partial charge in [0, 0.05) is 18.6 Å². The lowest BCUT2D eigenvalue weighted by atomic mass is 9.96. The SMILES string of the molecule is CC(C)NCc1csc(S(=O)(=O)NC2CCCCC2)c1. The highest BCUT2D eigenvalue weighted by atomic mass is 32.2. The van der Waals surface area contributed by atoms with Gasteiger partial charge < -0.3 is 5.32 Å². The predicted octanol–water partition coefficient (Wildman–Crippen LogP) is 2.86. The molecule has 0 radical (unpaired) electrons. The normalized spacial score (nSPS) is 17.8. The quantitative estimate of drug-likeness (QED) is 0.848. The fraction of sp³-hybridized carbons (Fsp3) is 0.714. The van der Waals surface area contributed by atoms with Crippen molar-refractivity contribution in [2.75, 3.05) is 0 Å². The van der Waals surface area contributed by atoms with Crippen molar-refractivity contribution >= 4 is 21.4 Å². The Kier molecular flexibility index (Phi) is 5.60. The minimum atomic E-state index is -3.34. The lowest BCUT2D eigenvalue weighted by molar-refractivity contribution is 0.412. The summed E-state index contributed by atoms with van der Waals surface area (Å²) in [7, 11) is -3.34. The molecule has 1 aromatic heterocycles. The summed E-state index contributed by atoms with van der Waals surface area (Å²) in [5.41, 5.74) is 1.03. The van der Waals surface area contributed by atoms with Crippen LogP contribution in [0.4, 0.5) is 0 Å². The molecule has 0 spiro atoms. The summed E-state index contributed by atoms with van der Waals surface area (Å²) in [6.07, 6.45) is 5.41. The van der Waals surface area contributed by atoms with Crippen LogP contribution in [0.1, 0.15) is 51.5 Å². The van der Waals surface area contributed by atoms with E-state index in [1.165, 1.54) is 17.8 Å². The van der Waals surface area contributed by atoms with E-state index in [4.69, 9.17) is 0 Å². The molecule has 0 bridgehead atoms. The van der Waals surface area contributed by atoms with Gasteiger partial charge in [-0.1, -0.05) is 33.1 Å². The molecule has 0 aliphatic heterocycles. The Bertz CT molecular complexity index is 517. The topological polar surface area (TPSA) is 58.2 Å². The van der Waals surface area contributed by atoms with Gasteiger partial charge in [-0.25, -0.2) is 13.1 Å². The summed E-state index contributed by atoms with van der Waals surface area (Å²) in [4.78, 5) is 0. The van der Waals surface area contributed by atoms with E-state index >= 15 is 0 Å². The van der Waals surface area contributed by atoms with Gasteiger partial charge in [0.1, 0.15) is 4.21 Å². The van der Waals surface area contributed by atoms with Crippen molar-refractivity contribution in [1.29, 1.82) is 0 Å². The van der Waals surface area contributed by atoms with Gasteiger partial charge in [-0.3, -0.25) is 0 Å². The van der Waals surface area contributed by atoms with Crippen LogP contribution in [0.5, 0.6) is 0 Å². The molecule has 2 rings (SSSR count). The van der Waals surface area contributed by atoms with Crippen molar-refractivity contribution in [1.82, 2.24) is 10.0 Å². The Labute approximate surface area is 126 Å². The third-order valence-corrected chi connectivity index (χ3v) is 6.54. The summed E-state index contributed by atoms with van der Waals surface area (Å²) in [5.74, 6) is 0. The van der Waals surface area contributed by atoms with Gasteiger partial charge in [0.05, 0.1) is 0 Å². The van der Waals surface area contributed by atoms with Crippen LogP contribution in [-0.2, 0) is 16.6 Å². The van der Waals surface area contributed by atoms with Crippen molar-refractivity contribution in [2.24, 2.45) is 0 Å². The number of hydrogen-bond donors (Lipinski definition) is 2. The Morgan fingerprint density at radius 1 is 1.30 bits per heavy atom. The zero-order valence-corrected chi connectivity index (χ0v) is 13.8. The van der Waals surface area contributed by atoms with Gasteiger partial charge in [-0.15, -0.1) is 11.3 Å². The second-order valence-corrected chi connectivity index (χ2v) is 8.62. The zero-order chi connectivity index (χ0) is 14.6. The standard InChI is InChI=1S/C14H24N2O2S2/c1-11(2)15-9-12-8-14(19-10-12)20(17,18)16-13-6-4-3-5-7-13/h8,10-11,13,15-16H,3-7,9H2,1-2H3. The van der Waals surface area contributed by atoms with E-state index in [-0.39, 0.29) is 6.04 Å². The molecule has 114 valence electrons. The number of rotatable bonds is 6. The molecule has 0 amide bonds. The van der Waals surface area contributed by atoms with Crippen molar-refractivity contribution in [3.8, 4) is 0 Å². The number of hydrogen-bond acceptors (Lipinski definition) is 4. The molecular formula is C14H24N2O2S2. The first-order valence-electron chi connectivity index (χ1n) is 7.30. The van der Waals surface area contributed by atoms with Crippen LogP contribution in [0.3, 0.4) is 0 Å². The summed E-state index contributed by atoms with van der Waals surface area (Å²) < 4.78 is 27.9. The molecule has 1 aromatic rings. The van der Waals surface area contributed by atoms with Crippen LogP contribution in [0.15, 0.2) is 15.7 Å². The highest BCUT2D eigenvalue weighted by Crippen LogP contribution is 2.23. The van der Waals surface area contributed by atoms with E-state index in [1.54, 1.807) is 6.07 Å². The minimum absolute atomic E-state index is 0.119. The monoisotopic (exact) mass is 316 g/mol. The van der Waals surface area contributed by atoms with Crippen molar-refractivity contribution < 1.29 is 8.42 Å². The second-order valence-electron chi connectivity index (χ2n) is 5.77. The average molecular weight is 316 g/mol. The smallest absolute Gasteiger partial charge is 0.250 e. The fourth-order valence-electron chi connectivity index (χ4n) is 2.41.